The van der Waals surface area contributed by atoms with E-state index in [-0.39, 0.29) is 5.92 Å². The highest BCUT2D eigenvalue weighted by Gasteiger charge is 2.08. The predicted octanol–water partition coefficient (Wildman–Crippen LogP) is 4.81. The predicted molar refractivity (Wildman–Crippen MR) is 88.9 cm³/mol. The van der Waals surface area contributed by atoms with Crippen LogP contribution < -0.4 is 5.11 Å². The van der Waals surface area contributed by atoms with Gasteiger partial charge in [-0.15, -0.1) is 0 Å². The van der Waals surface area contributed by atoms with E-state index < -0.39 is 5.97 Å². The standard InChI is InChI=1S/C19H38O2/c1-15(2)9-6-10-16(3)11-7-12-17(4)13-8-14-18(5)19(20)21/h15-18H,6-14H2,1-5H3,(H,20,21)/p-1. The van der Waals surface area contributed by atoms with Crippen LogP contribution in [0.4, 0.5) is 0 Å². The summed E-state index contributed by atoms with van der Waals surface area (Å²) in [5.41, 5.74) is 0. The molecule has 2 heteroatoms. The van der Waals surface area contributed by atoms with Crippen LogP contribution in [0.3, 0.4) is 0 Å². The summed E-state index contributed by atoms with van der Waals surface area (Å²) in [5, 5.41) is 10.6. The fraction of sp³-hybridized carbons (Fsp3) is 0.947. The maximum atomic E-state index is 10.6. The second kappa shape index (κ2) is 12.1. The molecule has 0 saturated heterocycles. The van der Waals surface area contributed by atoms with E-state index in [0.717, 1.165) is 37.0 Å². The third-order valence-corrected chi connectivity index (χ3v) is 4.61. The van der Waals surface area contributed by atoms with E-state index in [4.69, 9.17) is 0 Å². The van der Waals surface area contributed by atoms with Gasteiger partial charge in [-0.25, -0.2) is 0 Å². The number of rotatable bonds is 13. The van der Waals surface area contributed by atoms with Gasteiger partial charge in [0.1, 0.15) is 0 Å². The summed E-state index contributed by atoms with van der Waals surface area (Å²) in [7, 11) is 0. The average molecular weight is 298 g/mol. The van der Waals surface area contributed by atoms with Crippen LogP contribution in [0.2, 0.25) is 0 Å². The molecule has 0 fully saturated rings. The summed E-state index contributed by atoms with van der Waals surface area (Å²) in [5.74, 6) is 1.22. The number of hydrogen-bond acceptors (Lipinski definition) is 2. The van der Waals surface area contributed by atoms with Gasteiger partial charge >= 0.3 is 0 Å². The number of aliphatic carboxylic acids is 1. The molecular weight excluding hydrogens is 260 g/mol. The summed E-state index contributed by atoms with van der Waals surface area (Å²) in [6, 6.07) is 0. The lowest BCUT2D eigenvalue weighted by Gasteiger charge is -2.16. The Kier molecular flexibility index (Phi) is 11.8. The minimum atomic E-state index is -0.905. The highest BCUT2D eigenvalue weighted by Crippen LogP contribution is 2.21. The molecule has 0 amide bonds. The van der Waals surface area contributed by atoms with Crippen molar-refractivity contribution in [1.29, 1.82) is 0 Å². The molecule has 3 unspecified atom stereocenters. The van der Waals surface area contributed by atoms with Gasteiger partial charge in [0.15, 0.2) is 0 Å². The zero-order chi connectivity index (χ0) is 16.3. The zero-order valence-corrected chi connectivity index (χ0v) is 15.0. The SMILES string of the molecule is CC(C)CCCC(C)CCCC(C)CCCC(C)C(=O)[O-]. The van der Waals surface area contributed by atoms with Gasteiger partial charge in [-0.05, 0) is 30.1 Å². The lowest BCUT2D eigenvalue weighted by Crippen LogP contribution is -2.29. The molecule has 0 saturated carbocycles. The molecule has 0 bridgehead atoms. The molecule has 0 aromatic carbocycles. The molecule has 0 N–H and O–H groups in total. The largest absolute Gasteiger partial charge is 0.550 e. The van der Waals surface area contributed by atoms with E-state index in [1.807, 2.05) is 0 Å². The number of carbonyl (C=O) groups excluding carboxylic acids is 1. The molecule has 0 spiro atoms. The molecule has 3 atom stereocenters. The highest BCUT2D eigenvalue weighted by atomic mass is 16.4. The Morgan fingerprint density at radius 3 is 1.48 bits per heavy atom. The van der Waals surface area contributed by atoms with E-state index in [9.17, 15) is 9.90 Å². The van der Waals surface area contributed by atoms with E-state index in [1.165, 1.54) is 38.5 Å². The molecule has 21 heavy (non-hydrogen) atoms. The molecular formula is C19H37O2-. The first-order valence-electron chi connectivity index (χ1n) is 9.03. The van der Waals surface area contributed by atoms with Gasteiger partial charge in [-0.1, -0.05) is 86.0 Å². The summed E-state index contributed by atoms with van der Waals surface area (Å²) in [6.07, 6.45) is 11.0. The second-order valence-corrected chi connectivity index (χ2v) is 7.62. The molecule has 0 aromatic rings. The number of carbonyl (C=O) groups is 1. The van der Waals surface area contributed by atoms with Gasteiger partial charge in [0.25, 0.3) is 0 Å². The fourth-order valence-electron chi connectivity index (χ4n) is 2.87. The van der Waals surface area contributed by atoms with E-state index in [1.54, 1.807) is 6.92 Å². The van der Waals surface area contributed by atoms with Crippen LogP contribution in [0.15, 0.2) is 0 Å². The first kappa shape index (κ1) is 20.5. The van der Waals surface area contributed by atoms with Crippen molar-refractivity contribution in [2.45, 2.75) is 92.4 Å². The van der Waals surface area contributed by atoms with Crippen molar-refractivity contribution in [2.75, 3.05) is 0 Å². The van der Waals surface area contributed by atoms with E-state index in [2.05, 4.69) is 27.7 Å². The van der Waals surface area contributed by atoms with Crippen LogP contribution in [0.25, 0.3) is 0 Å². The number of hydrogen-bond donors (Lipinski definition) is 0. The third-order valence-electron chi connectivity index (χ3n) is 4.61. The molecule has 0 heterocycles. The Morgan fingerprint density at radius 2 is 1.10 bits per heavy atom. The molecule has 0 aliphatic carbocycles. The normalized spacial score (nSPS) is 15.9. The Balaban J connectivity index is 3.52. The lowest BCUT2D eigenvalue weighted by molar-refractivity contribution is -0.311. The van der Waals surface area contributed by atoms with Crippen LogP contribution >= 0.6 is 0 Å². The Bertz CT molecular complexity index is 260. The molecule has 0 aliphatic heterocycles. The van der Waals surface area contributed by atoms with Gasteiger partial charge in [0, 0.05) is 5.97 Å². The molecule has 2 nitrogen and oxygen atoms in total. The summed E-state index contributed by atoms with van der Waals surface area (Å²) in [6.45, 7) is 11.0. The quantitative estimate of drug-likeness (QED) is 0.489. The summed E-state index contributed by atoms with van der Waals surface area (Å²) in [4.78, 5) is 10.6. The average Bonchev–Trinajstić information content (AvgIpc) is 2.37. The van der Waals surface area contributed by atoms with Crippen molar-refractivity contribution >= 4 is 5.97 Å². The van der Waals surface area contributed by atoms with Crippen LogP contribution in [-0.4, -0.2) is 5.97 Å². The van der Waals surface area contributed by atoms with Gasteiger partial charge in [0.05, 0.1) is 0 Å². The Labute approximate surface area is 132 Å². The van der Waals surface area contributed by atoms with Crippen LogP contribution in [0.5, 0.6) is 0 Å². The molecule has 126 valence electrons. The first-order valence-corrected chi connectivity index (χ1v) is 9.03. The molecule has 0 aliphatic rings. The van der Waals surface area contributed by atoms with Crippen LogP contribution in [0.1, 0.15) is 92.4 Å². The van der Waals surface area contributed by atoms with Crippen molar-refractivity contribution in [2.24, 2.45) is 23.7 Å². The van der Waals surface area contributed by atoms with E-state index >= 15 is 0 Å². The number of carboxylic acid groups (broad SMARTS) is 1. The highest BCUT2D eigenvalue weighted by molar-refractivity contribution is 5.66. The van der Waals surface area contributed by atoms with Crippen molar-refractivity contribution in [1.82, 2.24) is 0 Å². The molecule has 0 radical (unpaired) electrons. The van der Waals surface area contributed by atoms with Gasteiger partial charge in [-0.2, -0.15) is 0 Å². The van der Waals surface area contributed by atoms with E-state index in [0.29, 0.717) is 0 Å². The lowest BCUT2D eigenvalue weighted by atomic mass is 9.91. The number of carboxylic acids is 1. The van der Waals surface area contributed by atoms with Gasteiger partial charge < -0.3 is 9.90 Å². The smallest absolute Gasteiger partial charge is 0.0442 e. The van der Waals surface area contributed by atoms with Crippen LogP contribution in [-0.2, 0) is 4.79 Å². The Morgan fingerprint density at radius 1 is 0.714 bits per heavy atom. The summed E-state index contributed by atoms with van der Waals surface area (Å²) < 4.78 is 0. The maximum Gasteiger partial charge on any atom is 0.0442 e. The minimum absolute atomic E-state index is 0.293. The second-order valence-electron chi connectivity index (χ2n) is 7.62. The monoisotopic (exact) mass is 297 g/mol. The van der Waals surface area contributed by atoms with Crippen molar-refractivity contribution < 1.29 is 9.90 Å². The van der Waals surface area contributed by atoms with Gasteiger partial charge in [-0.3, -0.25) is 0 Å². The topological polar surface area (TPSA) is 40.1 Å². The van der Waals surface area contributed by atoms with Gasteiger partial charge in [0.2, 0.25) is 0 Å². The summed E-state index contributed by atoms with van der Waals surface area (Å²) >= 11 is 0. The van der Waals surface area contributed by atoms with Crippen molar-refractivity contribution in [3.8, 4) is 0 Å². The first-order chi connectivity index (χ1) is 9.82. The van der Waals surface area contributed by atoms with Crippen molar-refractivity contribution in [3.05, 3.63) is 0 Å². The molecule has 0 aromatic heterocycles. The van der Waals surface area contributed by atoms with Crippen LogP contribution in [0, 0.1) is 23.7 Å². The Hall–Kier alpha value is -0.530. The molecule has 0 rings (SSSR count). The minimum Gasteiger partial charge on any atom is -0.550 e. The maximum absolute atomic E-state index is 10.6. The zero-order valence-electron chi connectivity index (χ0n) is 15.0. The third kappa shape index (κ3) is 12.9. The fourth-order valence-corrected chi connectivity index (χ4v) is 2.87. The van der Waals surface area contributed by atoms with Crippen molar-refractivity contribution in [3.63, 3.8) is 0 Å².